The van der Waals surface area contributed by atoms with E-state index >= 15 is 0 Å². The number of hydrogen-bond donors (Lipinski definition) is 2. The molecule has 3 rings (SSSR count). The first-order valence-corrected chi connectivity index (χ1v) is 9.47. The largest absolute Gasteiger partial charge is 0.497 e. The number of methoxy groups -OCH3 is 3. The van der Waals surface area contributed by atoms with Crippen LogP contribution in [0.2, 0.25) is 5.02 Å². The predicted molar refractivity (Wildman–Crippen MR) is 114 cm³/mol. The SMILES string of the molecule is COc1ccc(-c2nc(CCNC(=O)Nc3cc(Cl)c(OC)cc3OC)co2)cc1. The number of ether oxygens (including phenoxy) is 3. The molecule has 2 aromatic carbocycles. The zero-order valence-electron chi connectivity index (χ0n) is 16.8. The predicted octanol–water partition coefficient (Wildman–Crippen LogP) is 4.39. The van der Waals surface area contributed by atoms with Crippen LogP contribution in [0.25, 0.3) is 11.5 Å². The van der Waals surface area contributed by atoms with E-state index < -0.39 is 6.03 Å². The highest BCUT2D eigenvalue weighted by Gasteiger charge is 2.13. The van der Waals surface area contributed by atoms with E-state index in [2.05, 4.69) is 15.6 Å². The van der Waals surface area contributed by atoms with Crippen LogP contribution in [0.4, 0.5) is 10.5 Å². The summed E-state index contributed by atoms with van der Waals surface area (Å²) in [6, 6.07) is 10.2. The molecule has 0 atom stereocenters. The summed E-state index contributed by atoms with van der Waals surface area (Å²) >= 11 is 6.12. The quantitative estimate of drug-likeness (QED) is 0.549. The number of amides is 2. The first-order valence-electron chi connectivity index (χ1n) is 9.09. The van der Waals surface area contributed by atoms with Gasteiger partial charge in [0.25, 0.3) is 0 Å². The highest BCUT2D eigenvalue weighted by molar-refractivity contribution is 6.32. The van der Waals surface area contributed by atoms with Crippen LogP contribution in [0.3, 0.4) is 0 Å². The van der Waals surface area contributed by atoms with Crippen molar-refractivity contribution in [3.63, 3.8) is 0 Å². The molecule has 0 unspecified atom stereocenters. The lowest BCUT2D eigenvalue weighted by molar-refractivity contribution is 0.252. The molecule has 30 heavy (non-hydrogen) atoms. The second kappa shape index (κ2) is 9.89. The number of urea groups is 1. The third-order valence-electron chi connectivity index (χ3n) is 4.28. The molecule has 0 saturated carbocycles. The van der Waals surface area contributed by atoms with E-state index in [0.717, 1.165) is 17.0 Å². The van der Waals surface area contributed by atoms with Gasteiger partial charge in [-0.25, -0.2) is 9.78 Å². The van der Waals surface area contributed by atoms with E-state index in [-0.39, 0.29) is 0 Å². The van der Waals surface area contributed by atoms with Gasteiger partial charge in [-0.15, -0.1) is 0 Å². The van der Waals surface area contributed by atoms with Gasteiger partial charge in [-0.3, -0.25) is 0 Å². The Morgan fingerprint density at radius 1 is 1.07 bits per heavy atom. The number of halogens is 1. The minimum atomic E-state index is -0.395. The van der Waals surface area contributed by atoms with Gasteiger partial charge in [0.05, 0.1) is 37.7 Å². The van der Waals surface area contributed by atoms with Crippen LogP contribution in [0.1, 0.15) is 5.69 Å². The van der Waals surface area contributed by atoms with Crippen molar-refractivity contribution in [1.29, 1.82) is 0 Å². The normalized spacial score (nSPS) is 10.4. The van der Waals surface area contributed by atoms with Gasteiger partial charge in [-0.1, -0.05) is 11.6 Å². The molecule has 0 fully saturated rings. The lowest BCUT2D eigenvalue weighted by atomic mass is 10.2. The lowest BCUT2D eigenvalue weighted by Gasteiger charge is -2.13. The van der Waals surface area contributed by atoms with E-state index in [4.69, 9.17) is 30.2 Å². The average Bonchev–Trinajstić information content (AvgIpc) is 3.23. The van der Waals surface area contributed by atoms with Crippen molar-refractivity contribution in [3.8, 4) is 28.7 Å². The molecular formula is C21H22ClN3O5. The van der Waals surface area contributed by atoms with E-state index in [9.17, 15) is 4.79 Å². The number of carbonyl (C=O) groups is 1. The summed E-state index contributed by atoms with van der Waals surface area (Å²) in [4.78, 5) is 16.7. The van der Waals surface area contributed by atoms with E-state index in [1.165, 1.54) is 14.2 Å². The maximum Gasteiger partial charge on any atom is 0.319 e. The maximum absolute atomic E-state index is 12.2. The van der Waals surface area contributed by atoms with Crippen LogP contribution in [-0.4, -0.2) is 38.9 Å². The minimum Gasteiger partial charge on any atom is -0.497 e. The molecule has 1 heterocycles. The zero-order chi connectivity index (χ0) is 21.5. The molecule has 9 heteroatoms. The van der Waals surface area contributed by atoms with E-state index in [1.54, 1.807) is 25.5 Å². The van der Waals surface area contributed by atoms with Crippen molar-refractivity contribution < 1.29 is 23.4 Å². The van der Waals surface area contributed by atoms with Crippen LogP contribution in [0, 0.1) is 0 Å². The topological polar surface area (TPSA) is 94.9 Å². The molecule has 0 bridgehead atoms. The molecule has 3 aromatic rings. The Balaban J connectivity index is 1.54. The number of benzene rings is 2. The van der Waals surface area contributed by atoms with Crippen LogP contribution < -0.4 is 24.8 Å². The van der Waals surface area contributed by atoms with Crippen LogP contribution in [-0.2, 0) is 6.42 Å². The first kappa shape index (κ1) is 21.3. The number of oxazole rings is 1. The Morgan fingerprint density at radius 2 is 1.80 bits per heavy atom. The summed E-state index contributed by atoms with van der Waals surface area (Å²) in [5, 5.41) is 5.84. The highest BCUT2D eigenvalue weighted by Crippen LogP contribution is 2.35. The molecule has 0 radical (unpaired) electrons. The fourth-order valence-corrected chi connectivity index (χ4v) is 2.96. The van der Waals surface area contributed by atoms with E-state index in [0.29, 0.717) is 41.1 Å². The lowest BCUT2D eigenvalue weighted by Crippen LogP contribution is -2.30. The molecule has 0 aliphatic rings. The number of hydrogen-bond acceptors (Lipinski definition) is 6. The molecule has 2 amide bonds. The smallest absolute Gasteiger partial charge is 0.319 e. The van der Waals surface area contributed by atoms with Gasteiger partial charge in [-0.05, 0) is 30.3 Å². The Labute approximate surface area is 179 Å². The van der Waals surface area contributed by atoms with Crippen LogP contribution in [0.5, 0.6) is 17.2 Å². The molecule has 158 valence electrons. The minimum absolute atomic E-state index is 0.363. The summed E-state index contributed by atoms with van der Waals surface area (Å²) in [6.45, 7) is 0.368. The second-order valence-electron chi connectivity index (χ2n) is 6.19. The van der Waals surface area contributed by atoms with Gasteiger partial charge in [0.1, 0.15) is 23.5 Å². The molecule has 1 aromatic heterocycles. The van der Waals surface area contributed by atoms with Gasteiger partial charge in [0.15, 0.2) is 0 Å². The van der Waals surface area contributed by atoms with Crippen molar-refractivity contribution in [1.82, 2.24) is 10.3 Å². The number of carbonyl (C=O) groups excluding carboxylic acids is 1. The molecule has 0 aliphatic carbocycles. The van der Waals surface area contributed by atoms with Crippen molar-refractivity contribution in [2.45, 2.75) is 6.42 Å². The monoisotopic (exact) mass is 431 g/mol. The molecule has 0 saturated heterocycles. The van der Waals surface area contributed by atoms with Crippen molar-refractivity contribution in [2.24, 2.45) is 0 Å². The third kappa shape index (κ3) is 5.15. The van der Waals surface area contributed by atoms with Gasteiger partial charge in [-0.2, -0.15) is 0 Å². The number of rotatable bonds is 8. The average molecular weight is 432 g/mol. The van der Waals surface area contributed by atoms with E-state index in [1.807, 2.05) is 24.3 Å². The summed E-state index contributed by atoms with van der Waals surface area (Å²) in [6.07, 6.45) is 2.08. The van der Waals surface area contributed by atoms with Gasteiger partial charge in [0.2, 0.25) is 5.89 Å². The molecule has 0 spiro atoms. The summed E-state index contributed by atoms with van der Waals surface area (Å²) in [5.41, 5.74) is 2.01. The molecule has 0 aliphatic heterocycles. The first-order chi connectivity index (χ1) is 14.5. The standard InChI is InChI=1S/C21H22ClN3O5/c1-27-15-6-4-13(5-7-15)20-24-14(12-30-20)8-9-23-21(26)25-17-10-16(22)18(28-2)11-19(17)29-3/h4-7,10-12H,8-9H2,1-3H3,(H2,23,25,26). The Morgan fingerprint density at radius 3 is 2.47 bits per heavy atom. The van der Waals surface area contributed by atoms with Crippen LogP contribution >= 0.6 is 11.6 Å². The van der Waals surface area contributed by atoms with Crippen molar-refractivity contribution in [2.75, 3.05) is 33.2 Å². The number of nitrogens with one attached hydrogen (secondary N) is 2. The van der Waals surface area contributed by atoms with Crippen molar-refractivity contribution >= 4 is 23.3 Å². The van der Waals surface area contributed by atoms with Crippen molar-refractivity contribution in [3.05, 3.63) is 53.4 Å². The van der Waals surface area contributed by atoms with Gasteiger partial charge in [0, 0.05) is 24.6 Å². The fourth-order valence-electron chi connectivity index (χ4n) is 2.72. The summed E-state index contributed by atoms with van der Waals surface area (Å²) in [5.74, 6) is 2.16. The maximum atomic E-state index is 12.2. The molecular weight excluding hydrogens is 410 g/mol. The highest BCUT2D eigenvalue weighted by atomic mass is 35.5. The number of aromatic nitrogens is 1. The molecule has 2 N–H and O–H groups in total. The summed E-state index contributed by atoms with van der Waals surface area (Å²) < 4.78 is 21.1. The second-order valence-corrected chi connectivity index (χ2v) is 6.60. The molecule has 8 nitrogen and oxygen atoms in total. The zero-order valence-corrected chi connectivity index (χ0v) is 17.6. The third-order valence-corrected chi connectivity index (χ3v) is 4.57. The Hall–Kier alpha value is -3.39. The summed E-state index contributed by atoms with van der Waals surface area (Å²) in [7, 11) is 4.61. The Kier molecular flexibility index (Phi) is 7.03. The number of nitrogens with zero attached hydrogens (tertiary/aromatic N) is 1. The van der Waals surface area contributed by atoms with Gasteiger partial charge < -0.3 is 29.3 Å². The van der Waals surface area contributed by atoms with Gasteiger partial charge >= 0.3 is 6.03 Å². The van der Waals surface area contributed by atoms with Crippen LogP contribution in [0.15, 0.2) is 47.1 Å². The number of anilines is 1. The fraction of sp³-hybridized carbons (Fsp3) is 0.238. The Bertz CT molecular complexity index is 1000.